The number of anilines is 4. The molecule has 8 fully saturated rings. The first-order chi connectivity index (χ1) is 60.0. The molecule has 27 nitrogen and oxygen atoms in total. The number of sulfonamides is 4. The van der Waals surface area contributed by atoms with Crippen LogP contribution in [0.5, 0.6) is 0 Å². The van der Waals surface area contributed by atoms with Crippen molar-refractivity contribution in [1.82, 2.24) is 46.7 Å². The van der Waals surface area contributed by atoms with Gasteiger partial charge in [-0.1, -0.05) is 55.5 Å². The maximum absolute atomic E-state index is 13.9. The van der Waals surface area contributed by atoms with Gasteiger partial charge >= 0.3 is 0 Å². The van der Waals surface area contributed by atoms with Crippen molar-refractivity contribution in [2.45, 2.75) is 154 Å². The van der Waals surface area contributed by atoms with E-state index in [2.05, 4.69) is 43.7 Å². The van der Waals surface area contributed by atoms with E-state index in [4.69, 9.17) is 5.11 Å². The van der Waals surface area contributed by atoms with Gasteiger partial charge in [-0.15, -0.1) is 0 Å². The summed E-state index contributed by atoms with van der Waals surface area (Å²) in [5.74, 6) is -0.983. The van der Waals surface area contributed by atoms with Gasteiger partial charge in [-0.25, -0.2) is 70.9 Å². The first-order valence-corrected chi connectivity index (χ1v) is 49.6. The molecule has 4 aliphatic heterocycles. The van der Waals surface area contributed by atoms with Crippen molar-refractivity contribution in [2.75, 3.05) is 113 Å². The second-order valence-corrected chi connectivity index (χ2v) is 44.1. The lowest BCUT2D eigenvalue weighted by molar-refractivity contribution is 0.0537. The van der Waals surface area contributed by atoms with Gasteiger partial charge in [0, 0.05) is 235 Å². The molecule has 6 aromatic heterocycles. The standard InChI is InChI=1S/C24H27F2N3O3S.C24H29N3O4S.C23H28N4O3S.C22H26N4O3S/c1-27(2)33(31,32)16-7-8-21(29-11-9-23(10-12-29)15-24(23,25)26)19(13-16)20-14-28(3)22(30)18-6-4-5-17(18)20;1-26-16-21(18-3-2-4-19(18)23(26)29)20-15-17(32(30,31)25-11-14-28)5-6-22(20)27-12-9-24(7-8-24)10-13-27;1-3-25-31(29,30)16-13-19(20-15-26(2)22(28)18-6-4-5-17(18)20)21(24-14-16)27-11-9-23(7-8-23)10-12-27;1-23-30(28,29)15-12-18(19-14-25(2)21(27)17-5-3-4-16(17)19)20(24-13-15)26-10-8-22(6-7-22)9-11-26/h4-5,7-8,13-14H,6,9-12,15H2,1-3H3;2-3,5-6,15-16,25,28H,4,7-14H2,1H3;4-5,13-15,25H,3,6-12H2,1-2H3;3-4,12-14,23H,5-11H2,1-2H3. The van der Waals surface area contributed by atoms with E-state index in [0.717, 1.165) is 183 Å². The van der Waals surface area contributed by atoms with Crippen LogP contribution in [0.25, 0.3) is 68.8 Å². The smallest absolute Gasteiger partial charge is 0.254 e. The number of aromatic nitrogens is 6. The van der Waals surface area contributed by atoms with Crippen molar-refractivity contribution in [1.29, 1.82) is 0 Å². The van der Waals surface area contributed by atoms with Crippen LogP contribution in [0, 0.1) is 21.7 Å². The van der Waals surface area contributed by atoms with Gasteiger partial charge in [-0.3, -0.25) is 19.2 Å². The normalized spacial score (nSPS) is 19.5. The van der Waals surface area contributed by atoms with E-state index in [1.54, 1.807) is 104 Å². The molecule has 0 unspecified atom stereocenters. The Bertz CT molecular complexity index is 6620. The maximum atomic E-state index is 13.9. The summed E-state index contributed by atoms with van der Waals surface area (Å²) in [6.07, 6.45) is 43.7. The number of aliphatic hydroxyl groups excluding tert-OH is 1. The highest BCUT2D eigenvalue weighted by atomic mass is 32.2. The highest BCUT2D eigenvalue weighted by molar-refractivity contribution is 7.90. The van der Waals surface area contributed by atoms with Crippen molar-refractivity contribution >= 4 is 87.4 Å². The van der Waals surface area contributed by atoms with Crippen molar-refractivity contribution in [3.05, 3.63) is 196 Å². The lowest BCUT2D eigenvalue weighted by Gasteiger charge is -2.35. The Kier molecular flexibility index (Phi) is 23.3. The minimum Gasteiger partial charge on any atom is -0.395 e. The summed E-state index contributed by atoms with van der Waals surface area (Å²) in [7, 11) is -3.45. The lowest BCUT2D eigenvalue weighted by Crippen LogP contribution is -2.37. The molecular formula is C93H110F2N14O13S4. The fourth-order valence-electron chi connectivity index (χ4n) is 19.9. The van der Waals surface area contributed by atoms with E-state index < -0.39 is 51.4 Å². The van der Waals surface area contributed by atoms with Gasteiger partial charge in [-0.2, -0.15) is 0 Å². The number of pyridine rings is 6. The van der Waals surface area contributed by atoms with E-state index >= 15 is 0 Å². The Labute approximate surface area is 734 Å². The topological polar surface area (TPSA) is 323 Å². The minimum atomic E-state index is -3.76. The SMILES string of the molecule is CCNS(=O)(=O)c1cnc(N2CCC3(CC2)CC3)c(-c2cn(C)c(=O)c3c2C=CC3)c1.CN(C)S(=O)(=O)c1ccc(N2CCC3(CC2)CC3(F)F)c(-c2cn(C)c(=O)c3c2C=CC3)c1.CNS(=O)(=O)c1cnc(N2CCC3(CC2)CC3)c(-c2cn(C)c(=O)c3c2C=CC3)c1.Cn1cc(-c2cc(S(=O)(=O)NCCO)ccc2N2CCC3(CC2)CC3)c2c(c1=O)CC=C2. The fourth-order valence-corrected chi connectivity index (χ4v) is 23.5. The minimum absolute atomic E-state index is 0.0108. The molecule has 33 heteroatoms. The number of halogens is 2. The second kappa shape index (κ2) is 33.3. The van der Waals surface area contributed by atoms with Crippen molar-refractivity contribution in [3.63, 3.8) is 0 Å². The number of nitrogens with one attached hydrogen (secondary N) is 3. The summed E-state index contributed by atoms with van der Waals surface area (Å²) in [5, 5.41) is 9.06. The van der Waals surface area contributed by atoms with Gasteiger partial charge in [0.05, 0.1) is 16.4 Å². The van der Waals surface area contributed by atoms with E-state index in [1.807, 2.05) is 67.1 Å². The average Bonchev–Trinajstić information content (AvgIpc) is 1.55. The monoisotopic (exact) mass is 1800 g/mol. The zero-order valence-electron chi connectivity index (χ0n) is 72.6. The first kappa shape index (κ1) is 88.2. The number of hydrogen-bond acceptors (Lipinski definition) is 19. The van der Waals surface area contributed by atoms with Crippen LogP contribution >= 0.6 is 0 Å². The van der Waals surface area contributed by atoms with Gasteiger partial charge in [0.2, 0.25) is 40.1 Å². The van der Waals surface area contributed by atoms with E-state index in [1.165, 1.54) is 76.6 Å². The number of nitrogens with zero attached hydrogens (tertiary/aromatic N) is 11. The number of allylic oxidation sites excluding steroid dienone is 4. The van der Waals surface area contributed by atoms with Crippen LogP contribution in [-0.4, -0.2) is 170 Å². The number of hydrogen-bond donors (Lipinski definition) is 4. The second-order valence-electron chi connectivity index (χ2n) is 36.5. The molecule has 4 saturated carbocycles. The molecule has 8 aromatic rings. The van der Waals surface area contributed by atoms with E-state index in [0.29, 0.717) is 85.5 Å². The van der Waals surface area contributed by atoms with Crippen LogP contribution in [0.3, 0.4) is 0 Å². The van der Waals surface area contributed by atoms with Gasteiger partial charge in [0.15, 0.2) is 0 Å². The third-order valence-corrected chi connectivity index (χ3v) is 34.7. The summed E-state index contributed by atoms with van der Waals surface area (Å²) in [6, 6.07) is 13.6. The van der Waals surface area contributed by atoms with Crippen molar-refractivity contribution < 1.29 is 47.6 Å². The molecule has 668 valence electrons. The molecule has 0 bridgehead atoms. The summed E-state index contributed by atoms with van der Waals surface area (Å²) < 4.78 is 144. The number of aliphatic hydroxyl groups is 1. The average molecular weight is 1800 g/mol. The largest absolute Gasteiger partial charge is 0.395 e. The summed E-state index contributed by atoms with van der Waals surface area (Å²) in [4.78, 5) is 69.3. The zero-order valence-corrected chi connectivity index (χ0v) is 75.8. The molecule has 0 atom stereocenters. The molecular weight excluding hydrogens is 1690 g/mol. The fraction of sp³-hybridized carbons (Fsp3) is 0.462. The summed E-state index contributed by atoms with van der Waals surface area (Å²) >= 11 is 0. The highest BCUT2D eigenvalue weighted by Crippen LogP contribution is 2.66. The quantitative estimate of drug-likeness (QED) is 0.0584. The number of rotatable bonds is 19. The highest BCUT2D eigenvalue weighted by Gasteiger charge is 2.70. The molecule has 20 rings (SSSR count). The molecule has 4 N–H and O–H groups in total. The molecule has 4 saturated heterocycles. The van der Waals surface area contributed by atoms with Gasteiger partial charge < -0.3 is 43.0 Å². The van der Waals surface area contributed by atoms with Gasteiger partial charge in [0.25, 0.3) is 28.2 Å². The molecule has 126 heavy (non-hydrogen) atoms. The van der Waals surface area contributed by atoms with Crippen LogP contribution in [0.1, 0.15) is 148 Å². The van der Waals surface area contributed by atoms with E-state index in [9.17, 15) is 61.6 Å². The third-order valence-electron chi connectivity index (χ3n) is 28.5. The Morgan fingerprint density at radius 3 is 1.07 bits per heavy atom. The Morgan fingerprint density at radius 1 is 0.421 bits per heavy atom. The molecule has 0 amide bonds. The maximum Gasteiger partial charge on any atom is 0.254 e. The van der Waals surface area contributed by atoms with Gasteiger partial charge in [-0.05, 0) is 210 Å². The number of aryl methyl sites for hydroxylation is 4. The number of alkyl halides is 2. The van der Waals surface area contributed by atoms with Crippen LogP contribution < -0.4 is 56.0 Å². The zero-order chi connectivity index (χ0) is 89.2. The van der Waals surface area contributed by atoms with Crippen molar-refractivity contribution in [3.8, 4) is 44.5 Å². The Balaban J connectivity index is 0.000000119. The first-order valence-electron chi connectivity index (χ1n) is 43.7. The molecule has 10 heterocycles. The lowest BCUT2D eigenvalue weighted by atomic mass is 9.91. The van der Waals surface area contributed by atoms with E-state index in [-0.39, 0.29) is 61.4 Å². The molecule has 0 radical (unpaired) electrons. The summed E-state index contributed by atoms with van der Waals surface area (Å²) in [5.41, 5.74) is 15.1. The molecule has 12 aliphatic rings. The number of benzene rings is 2. The molecule has 2 aromatic carbocycles. The molecule has 4 spiro atoms. The third kappa shape index (κ3) is 16.7. The molecule has 8 aliphatic carbocycles. The Hall–Kier alpha value is -9.84. The van der Waals surface area contributed by atoms with Crippen LogP contribution in [-0.2, 0) is 94.0 Å². The van der Waals surface area contributed by atoms with Crippen LogP contribution in [0.15, 0.2) is 149 Å². The van der Waals surface area contributed by atoms with Gasteiger partial charge in [0.1, 0.15) is 21.4 Å². The van der Waals surface area contributed by atoms with Crippen LogP contribution in [0.2, 0.25) is 0 Å². The van der Waals surface area contributed by atoms with Crippen molar-refractivity contribution in [2.24, 2.45) is 49.9 Å². The number of fused-ring (bicyclic) bond motifs is 4. The summed E-state index contributed by atoms with van der Waals surface area (Å²) in [6.45, 7) is 8.30. The predicted octanol–water partition coefficient (Wildman–Crippen LogP) is 10.8. The van der Waals surface area contributed by atoms with Crippen LogP contribution in [0.4, 0.5) is 31.8 Å². The Morgan fingerprint density at radius 2 is 0.738 bits per heavy atom. The predicted molar refractivity (Wildman–Crippen MR) is 488 cm³/mol. The number of piperidine rings is 4.